The van der Waals surface area contributed by atoms with Crippen LogP contribution in [-0.2, 0) is 7.05 Å². The molecule has 0 saturated carbocycles. The molecule has 0 unspecified atom stereocenters. The van der Waals surface area contributed by atoms with Crippen LogP contribution in [0.4, 0.5) is 4.39 Å². The molecule has 0 saturated heterocycles. The second-order valence-corrected chi connectivity index (χ2v) is 6.08. The predicted octanol–water partition coefficient (Wildman–Crippen LogP) is 4.18. The number of nitriles is 2. The molecule has 0 amide bonds. The lowest BCUT2D eigenvalue weighted by molar-refractivity contribution is 0.624. The van der Waals surface area contributed by atoms with E-state index in [1.807, 2.05) is 31.3 Å². The minimum atomic E-state index is -0.602. The fourth-order valence-electron chi connectivity index (χ4n) is 3.06. The Morgan fingerprint density at radius 2 is 1.78 bits per heavy atom. The van der Waals surface area contributed by atoms with Crippen molar-refractivity contribution < 1.29 is 4.39 Å². The first-order valence-electron chi connectivity index (χ1n) is 8.13. The Morgan fingerprint density at radius 3 is 2.52 bits per heavy atom. The normalized spacial score (nSPS) is 10.5. The van der Waals surface area contributed by atoms with Gasteiger partial charge in [-0.15, -0.1) is 0 Å². The summed E-state index contributed by atoms with van der Waals surface area (Å²) in [6.45, 7) is 0. The molecule has 4 aromatic rings. The smallest absolute Gasteiger partial charge is 0.141 e. The Balaban J connectivity index is 1.94. The molecule has 128 valence electrons. The molecule has 2 aromatic heterocycles. The quantitative estimate of drug-likeness (QED) is 0.541. The van der Waals surface area contributed by atoms with Crippen LogP contribution in [0.25, 0.3) is 33.3 Å². The molecule has 0 N–H and O–H groups in total. The van der Waals surface area contributed by atoms with Gasteiger partial charge in [-0.1, -0.05) is 12.1 Å². The maximum Gasteiger partial charge on any atom is 0.141 e. The molecule has 0 aliphatic rings. The van der Waals surface area contributed by atoms with E-state index in [0.717, 1.165) is 16.5 Å². The Morgan fingerprint density at radius 1 is 0.963 bits per heavy atom. The first kappa shape index (κ1) is 16.4. The molecule has 2 heterocycles. The van der Waals surface area contributed by atoms with Gasteiger partial charge in [0.1, 0.15) is 18.0 Å². The molecule has 0 aliphatic carbocycles. The van der Waals surface area contributed by atoms with E-state index in [1.165, 1.54) is 18.3 Å². The van der Waals surface area contributed by atoms with Crippen molar-refractivity contribution in [1.29, 1.82) is 10.5 Å². The van der Waals surface area contributed by atoms with Gasteiger partial charge < -0.3 is 0 Å². The van der Waals surface area contributed by atoms with Gasteiger partial charge in [-0.3, -0.25) is 9.67 Å². The maximum atomic E-state index is 14.1. The van der Waals surface area contributed by atoms with Crippen molar-refractivity contribution in [2.45, 2.75) is 0 Å². The predicted molar refractivity (Wildman–Crippen MR) is 98.8 cm³/mol. The number of hydrogen-bond acceptors (Lipinski definition) is 4. The Labute approximate surface area is 154 Å². The van der Waals surface area contributed by atoms with Gasteiger partial charge in [-0.25, -0.2) is 4.39 Å². The third-order valence-corrected chi connectivity index (χ3v) is 4.44. The highest BCUT2D eigenvalue weighted by Crippen LogP contribution is 2.33. The number of pyridine rings is 1. The zero-order valence-electron chi connectivity index (χ0n) is 14.3. The number of aryl methyl sites for hydroxylation is 1. The van der Waals surface area contributed by atoms with Crippen LogP contribution in [0.1, 0.15) is 11.1 Å². The van der Waals surface area contributed by atoms with Crippen molar-refractivity contribution >= 4 is 10.9 Å². The number of hydrogen-bond donors (Lipinski definition) is 0. The molecule has 5 nitrogen and oxygen atoms in total. The van der Waals surface area contributed by atoms with Gasteiger partial charge in [0.15, 0.2) is 0 Å². The highest BCUT2D eigenvalue weighted by Gasteiger charge is 2.14. The Hall–Kier alpha value is -4.03. The molecule has 0 bridgehead atoms. The number of halogens is 1. The molecule has 27 heavy (non-hydrogen) atoms. The van der Waals surface area contributed by atoms with E-state index in [-0.39, 0.29) is 5.56 Å². The molecule has 4 rings (SSSR count). The first-order chi connectivity index (χ1) is 13.1. The van der Waals surface area contributed by atoms with Crippen LogP contribution in [0.2, 0.25) is 0 Å². The van der Waals surface area contributed by atoms with Crippen LogP contribution in [-0.4, -0.2) is 14.8 Å². The molecular weight excluding hydrogens is 341 g/mol. The largest absolute Gasteiger partial charge is 0.268 e. The summed E-state index contributed by atoms with van der Waals surface area (Å²) in [5.74, 6) is -0.602. The topological polar surface area (TPSA) is 78.3 Å². The van der Waals surface area contributed by atoms with Crippen molar-refractivity contribution in [2.24, 2.45) is 7.05 Å². The summed E-state index contributed by atoms with van der Waals surface area (Å²) in [5, 5.41) is 23.4. The second kappa shape index (κ2) is 6.36. The molecule has 0 atom stereocenters. The lowest BCUT2D eigenvalue weighted by Crippen LogP contribution is -1.94. The second-order valence-electron chi connectivity index (χ2n) is 6.08. The Kier molecular flexibility index (Phi) is 3.87. The molecule has 6 heteroatoms. The summed E-state index contributed by atoms with van der Waals surface area (Å²) in [7, 11) is 1.87. The standard InChI is InChI=1S/C21H12FN5/c1-27-20-5-4-14(7-17(20)12-26-27)18-6-13(9-23)11-25-21(18)15-2-3-16(10-24)19(22)8-15/h2-8,11-12H,1H3. The SMILES string of the molecule is Cn1ncc2cc(-c3cc(C#N)cnc3-c3ccc(C#N)c(F)c3)ccc21. The minimum absolute atomic E-state index is 0.0225. The van der Waals surface area contributed by atoms with Crippen LogP contribution in [0, 0.1) is 28.5 Å². The van der Waals surface area contributed by atoms with Crippen molar-refractivity contribution in [3.8, 4) is 34.5 Å². The van der Waals surface area contributed by atoms with Gasteiger partial charge >= 0.3 is 0 Å². The maximum absolute atomic E-state index is 14.1. The van der Waals surface area contributed by atoms with Crippen LogP contribution in [0.3, 0.4) is 0 Å². The van der Waals surface area contributed by atoms with E-state index in [2.05, 4.69) is 16.2 Å². The van der Waals surface area contributed by atoms with Crippen LogP contribution >= 0.6 is 0 Å². The van der Waals surface area contributed by atoms with E-state index in [9.17, 15) is 9.65 Å². The van der Waals surface area contributed by atoms with Crippen molar-refractivity contribution in [3.63, 3.8) is 0 Å². The molecule has 0 aliphatic heterocycles. The highest BCUT2D eigenvalue weighted by atomic mass is 19.1. The summed E-state index contributed by atoms with van der Waals surface area (Å²) in [4.78, 5) is 4.39. The minimum Gasteiger partial charge on any atom is -0.268 e. The zero-order chi connectivity index (χ0) is 19.0. The zero-order valence-corrected chi connectivity index (χ0v) is 14.3. The highest BCUT2D eigenvalue weighted by molar-refractivity contribution is 5.89. The fraction of sp³-hybridized carbons (Fsp3) is 0.0476. The Bertz CT molecular complexity index is 1270. The first-order valence-corrected chi connectivity index (χ1v) is 8.13. The van der Waals surface area contributed by atoms with Gasteiger partial charge in [0.2, 0.25) is 0 Å². The number of fused-ring (bicyclic) bond motifs is 1. The van der Waals surface area contributed by atoms with Crippen LogP contribution in [0.5, 0.6) is 0 Å². The van der Waals surface area contributed by atoms with Gasteiger partial charge in [0, 0.05) is 29.8 Å². The van der Waals surface area contributed by atoms with Crippen molar-refractivity contribution in [2.75, 3.05) is 0 Å². The number of benzene rings is 2. The van der Waals surface area contributed by atoms with E-state index in [4.69, 9.17) is 5.26 Å². The lowest BCUT2D eigenvalue weighted by atomic mass is 9.96. The summed E-state index contributed by atoms with van der Waals surface area (Å²) >= 11 is 0. The van der Waals surface area contributed by atoms with Crippen molar-refractivity contribution in [3.05, 3.63) is 71.8 Å². The van der Waals surface area contributed by atoms with Gasteiger partial charge in [0.05, 0.1) is 28.5 Å². The number of nitrogens with zero attached hydrogens (tertiary/aromatic N) is 5. The average molecular weight is 353 g/mol. The average Bonchev–Trinajstić information content (AvgIpc) is 3.07. The third kappa shape index (κ3) is 2.80. The van der Waals surface area contributed by atoms with Gasteiger partial charge in [-0.05, 0) is 35.9 Å². The van der Waals surface area contributed by atoms with E-state index in [1.54, 1.807) is 23.0 Å². The molecule has 0 spiro atoms. The lowest BCUT2D eigenvalue weighted by Gasteiger charge is -2.11. The third-order valence-electron chi connectivity index (χ3n) is 4.44. The summed E-state index contributed by atoms with van der Waals surface area (Å²) < 4.78 is 15.9. The van der Waals surface area contributed by atoms with Crippen LogP contribution in [0.15, 0.2) is 54.9 Å². The summed E-state index contributed by atoms with van der Waals surface area (Å²) in [6, 6.07) is 15.8. The number of aromatic nitrogens is 3. The van der Waals surface area contributed by atoms with E-state index >= 15 is 0 Å². The monoisotopic (exact) mass is 353 g/mol. The van der Waals surface area contributed by atoms with E-state index < -0.39 is 5.82 Å². The fourth-order valence-corrected chi connectivity index (χ4v) is 3.06. The number of rotatable bonds is 2. The molecule has 2 aromatic carbocycles. The summed E-state index contributed by atoms with van der Waals surface area (Å²) in [5.41, 5.74) is 4.01. The van der Waals surface area contributed by atoms with E-state index in [0.29, 0.717) is 22.4 Å². The van der Waals surface area contributed by atoms with Crippen LogP contribution < -0.4 is 0 Å². The van der Waals surface area contributed by atoms with Gasteiger partial charge in [-0.2, -0.15) is 15.6 Å². The molecule has 0 radical (unpaired) electrons. The summed E-state index contributed by atoms with van der Waals surface area (Å²) in [6.07, 6.45) is 3.22. The molecular formula is C21H12FN5. The van der Waals surface area contributed by atoms with Gasteiger partial charge in [0.25, 0.3) is 0 Å². The molecule has 0 fully saturated rings. The van der Waals surface area contributed by atoms with Crippen molar-refractivity contribution in [1.82, 2.24) is 14.8 Å².